The molecule has 1 heterocycles. The van der Waals surface area contributed by atoms with Crippen molar-refractivity contribution in [3.05, 3.63) is 70.7 Å². The minimum absolute atomic E-state index is 0.145. The molecule has 2 atom stereocenters. The number of amides is 2. The van der Waals surface area contributed by atoms with Crippen molar-refractivity contribution in [3.63, 3.8) is 0 Å². The number of benzene rings is 2. The lowest BCUT2D eigenvalue weighted by Gasteiger charge is -2.33. The molecule has 12 heteroatoms. The largest absolute Gasteiger partial charge is 0.405 e. The van der Waals surface area contributed by atoms with Crippen LogP contribution in [0.2, 0.25) is 5.02 Å². The van der Waals surface area contributed by atoms with E-state index < -0.39 is 40.9 Å². The number of hydrogen-bond acceptors (Lipinski definition) is 3. The summed E-state index contributed by atoms with van der Waals surface area (Å²) in [6, 6.07) is 13.3. The summed E-state index contributed by atoms with van der Waals surface area (Å²) in [5.74, 6) is -0.538. The van der Waals surface area contributed by atoms with Crippen LogP contribution in [0.4, 0.5) is 18.0 Å². The fourth-order valence-electron chi connectivity index (χ4n) is 3.55. The van der Waals surface area contributed by atoms with Gasteiger partial charge in [0.2, 0.25) is 0 Å². The fourth-order valence-corrected chi connectivity index (χ4v) is 4.96. The van der Waals surface area contributed by atoms with Crippen LogP contribution in [0.5, 0.6) is 0 Å². The van der Waals surface area contributed by atoms with Crippen LogP contribution in [0, 0.1) is 0 Å². The first-order valence-corrected chi connectivity index (χ1v) is 11.3. The van der Waals surface area contributed by atoms with E-state index in [2.05, 4.69) is 0 Å². The van der Waals surface area contributed by atoms with Crippen molar-refractivity contribution in [2.45, 2.75) is 18.1 Å². The second-order valence-electron chi connectivity index (χ2n) is 7.43. The lowest BCUT2D eigenvalue weighted by molar-refractivity contribution is -0.123. The summed E-state index contributed by atoms with van der Waals surface area (Å²) in [5.41, 5.74) is 1.28. The molecule has 174 valence electrons. The molecule has 0 radical (unpaired) electrons. The van der Waals surface area contributed by atoms with Gasteiger partial charge >= 0.3 is 12.2 Å². The number of nitrogens with one attached hydrogen (secondary N) is 1. The molecule has 1 saturated heterocycles. The number of alkyl halides is 3. The van der Waals surface area contributed by atoms with Gasteiger partial charge in [-0.25, -0.2) is 9.80 Å². The molecular formula is C20H22ClF3N4O3S. The Morgan fingerprint density at radius 1 is 1.09 bits per heavy atom. The van der Waals surface area contributed by atoms with Crippen molar-refractivity contribution < 1.29 is 26.4 Å². The molecular weight excluding hydrogens is 469 g/mol. The second kappa shape index (κ2) is 9.26. The van der Waals surface area contributed by atoms with Gasteiger partial charge in [-0.15, -0.1) is 0 Å². The minimum atomic E-state index is -4.64. The van der Waals surface area contributed by atoms with Crippen LogP contribution in [0.25, 0.3) is 0 Å². The molecule has 3 rings (SSSR count). The summed E-state index contributed by atoms with van der Waals surface area (Å²) >= 11 is 5.99. The van der Waals surface area contributed by atoms with Crippen molar-refractivity contribution in [3.8, 4) is 0 Å². The maximum absolute atomic E-state index is 13.3. The summed E-state index contributed by atoms with van der Waals surface area (Å²) in [4.78, 5) is 12.7. The van der Waals surface area contributed by atoms with E-state index in [9.17, 15) is 26.4 Å². The third-order valence-electron chi connectivity index (χ3n) is 5.04. The van der Waals surface area contributed by atoms with Gasteiger partial charge in [-0.3, -0.25) is 0 Å². The molecule has 2 aromatic rings. The molecule has 32 heavy (non-hydrogen) atoms. The standard InChI is InChI=1S/C20H22ClF3N4O3S/c1-26(2)32(30,31)28-18(15-8-10-16(21)11-9-15)17(14-6-4-3-5-7-14)12-27(28)19(29)25-13-20(22,23)24/h3-11,17-18H,12-13H2,1-2H3,(H,25,29). The Morgan fingerprint density at radius 2 is 1.69 bits per heavy atom. The van der Waals surface area contributed by atoms with Crippen molar-refractivity contribution in [1.82, 2.24) is 19.0 Å². The van der Waals surface area contributed by atoms with Gasteiger partial charge in [-0.1, -0.05) is 58.5 Å². The van der Waals surface area contributed by atoms with Crippen molar-refractivity contribution in [2.24, 2.45) is 0 Å². The number of carbonyl (C=O) groups is 1. The van der Waals surface area contributed by atoms with Gasteiger partial charge in [-0.05, 0) is 23.3 Å². The fraction of sp³-hybridized carbons (Fsp3) is 0.350. The Morgan fingerprint density at radius 3 is 2.22 bits per heavy atom. The molecule has 1 fully saturated rings. The smallest absolute Gasteiger partial charge is 0.328 e. The highest BCUT2D eigenvalue weighted by Gasteiger charge is 2.50. The maximum Gasteiger partial charge on any atom is 0.405 e. The SMILES string of the molecule is CN(C)S(=O)(=O)N1C(c2ccc(Cl)cc2)C(c2ccccc2)CN1C(=O)NCC(F)(F)F. The Bertz CT molecular complexity index is 1050. The van der Waals surface area contributed by atoms with Crippen LogP contribution >= 0.6 is 11.6 Å². The number of hydrogen-bond donors (Lipinski definition) is 1. The van der Waals surface area contributed by atoms with Gasteiger partial charge in [0.1, 0.15) is 6.54 Å². The third-order valence-corrected chi connectivity index (χ3v) is 7.11. The highest BCUT2D eigenvalue weighted by atomic mass is 35.5. The number of carbonyl (C=O) groups excluding carboxylic acids is 1. The van der Waals surface area contributed by atoms with Crippen LogP contribution in [-0.2, 0) is 10.2 Å². The van der Waals surface area contributed by atoms with Gasteiger partial charge in [0.15, 0.2) is 0 Å². The van der Waals surface area contributed by atoms with Gasteiger partial charge in [0, 0.05) is 31.6 Å². The topological polar surface area (TPSA) is 73.0 Å². The zero-order chi connectivity index (χ0) is 23.7. The Hall–Kier alpha value is -2.34. The van der Waals surface area contributed by atoms with Crippen molar-refractivity contribution in [1.29, 1.82) is 0 Å². The predicted octanol–water partition coefficient (Wildman–Crippen LogP) is 3.78. The summed E-state index contributed by atoms with van der Waals surface area (Å²) < 4.78 is 66.4. The molecule has 0 aliphatic carbocycles. The molecule has 1 aliphatic rings. The number of urea groups is 1. The van der Waals surface area contributed by atoms with Crippen LogP contribution in [0.1, 0.15) is 23.1 Å². The Kier molecular flexibility index (Phi) is 7.03. The van der Waals surface area contributed by atoms with Gasteiger partial charge in [-0.2, -0.15) is 25.9 Å². The molecule has 2 aromatic carbocycles. The van der Waals surface area contributed by atoms with E-state index >= 15 is 0 Å². The summed E-state index contributed by atoms with van der Waals surface area (Å²) in [5, 5.41) is 3.03. The molecule has 1 aliphatic heterocycles. The van der Waals surface area contributed by atoms with Crippen LogP contribution in [0.15, 0.2) is 54.6 Å². The van der Waals surface area contributed by atoms with Gasteiger partial charge in [0.05, 0.1) is 6.04 Å². The molecule has 0 bridgehead atoms. The average Bonchev–Trinajstić information content (AvgIpc) is 3.14. The van der Waals surface area contributed by atoms with Crippen molar-refractivity contribution in [2.75, 3.05) is 27.2 Å². The molecule has 1 N–H and O–H groups in total. The summed E-state index contributed by atoms with van der Waals surface area (Å²) in [6.07, 6.45) is -4.64. The first-order valence-electron chi connectivity index (χ1n) is 9.56. The molecule has 0 saturated carbocycles. The van der Waals surface area contributed by atoms with Gasteiger partial charge < -0.3 is 5.32 Å². The zero-order valence-electron chi connectivity index (χ0n) is 17.3. The van der Waals surface area contributed by atoms with E-state index in [4.69, 9.17) is 11.6 Å². The second-order valence-corrected chi connectivity index (χ2v) is 9.87. The molecule has 2 amide bonds. The number of nitrogens with zero attached hydrogens (tertiary/aromatic N) is 3. The van der Waals surface area contributed by atoms with E-state index in [1.54, 1.807) is 59.9 Å². The normalized spacial score (nSPS) is 20.0. The first kappa shape index (κ1) is 24.3. The van der Waals surface area contributed by atoms with Gasteiger partial charge in [0.25, 0.3) is 10.2 Å². The summed E-state index contributed by atoms with van der Waals surface area (Å²) in [7, 11) is -1.68. The van der Waals surface area contributed by atoms with Crippen LogP contribution in [-0.4, -0.2) is 61.5 Å². The molecule has 0 spiro atoms. The molecule has 7 nitrogen and oxygen atoms in total. The Labute approximate surface area is 189 Å². The lowest BCUT2D eigenvalue weighted by atomic mass is 9.89. The lowest BCUT2D eigenvalue weighted by Crippen LogP contribution is -2.53. The summed E-state index contributed by atoms with van der Waals surface area (Å²) in [6.45, 7) is -1.73. The van der Waals surface area contributed by atoms with Crippen LogP contribution in [0.3, 0.4) is 0 Å². The van der Waals surface area contributed by atoms with Crippen molar-refractivity contribution >= 4 is 27.8 Å². The number of rotatable bonds is 5. The first-order chi connectivity index (χ1) is 14.9. The average molecular weight is 491 g/mol. The van der Waals surface area contributed by atoms with Crippen LogP contribution < -0.4 is 5.32 Å². The number of hydrazine groups is 1. The highest BCUT2D eigenvalue weighted by Crippen LogP contribution is 2.45. The third kappa shape index (κ3) is 5.17. The maximum atomic E-state index is 13.3. The molecule has 2 unspecified atom stereocenters. The zero-order valence-corrected chi connectivity index (χ0v) is 18.8. The van der Waals surface area contributed by atoms with E-state index in [0.29, 0.717) is 10.6 Å². The monoisotopic (exact) mass is 490 g/mol. The van der Waals surface area contributed by atoms with E-state index in [1.807, 2.05) is 0 Å². The Balaban J connectivity index is 2.12. The van der Waals surface area contributed by atoms with E-state index in [-0.39, 0.29) is 6.54 Å². The number of halogens is 4. The minimum Gasteiger partial charge on any atom is -0.328 e. The highest BCUT2D eigenvalue weighted by molar-refractivity contribution is 7.86. The quantitative estimate of drug-likeness (QED) is 0.693. The van der Waals surface area contributed by atoms with E-state index in [1.165, 1.54) is 14.1 Å². The molecule has 0 aromatic heterocycles. The van der Waals surface area contributed by atoms with E-state index in [0.717, 1.165) is 19.3 Å². The predicted molar refractivity (Wildman–Crippen MR) is 114 cm³/mol.